The fraction of sp³-hybridized carbons (Fsp3) is 0.500. The van der Waals surface area contributed by atoms with Gasteiger partial charge in [0, 0.05) is 11.6 Å². The molecule has 1 amide bonds. The molecule has 2 aromatic heterocycles. The largest absolute Gasteiger partial charge is 0.394 e. The standard InChI is InChI=1S/C24H30N6O4/c1-13-7-8-15(9-14(13)2)23(33)29-18-17(10-31)34-24(20(18)32)30-12-27-19-21(25-11-26-22(19)30)28-16-5-3-4-6-16/h7-9,11-12,16-18,20,24,31-32H,3-6,10H2,1-2H3,(H,29,33)(H,25,26,28). The second kappa shape index (κ2) is 9.28. The number of hydrogen-bond acceptors (Lipinski definition) is 8. The number of imidazole rings is 1. The Bertz CT molecular complexity index is 1190. The minimum atomic E-state index is -1.12. The molecule has 1 saturated carbocycles. The van der Waals surface area contributed by atoms with Gasteiger partial charge in [0.15, 0.2) is 23.2 Å². The first-order valence-electron chi connectivity index (χ1n) is 11.7. The Kier molecular flexibility index (Phi) is 6.20. The number of fused-ring (bicyclic) bond motifs is 1. The zero-order chi connectivity index (χ0) is 23.8. The van der Waals surface area contributed by atoms with Crippen molar-refractivity contribution in [2.45, 2.75) is 70.1 Å². The summed E-state index contributed by atoms with van der Waals surface area (Å²) < 4.78 is 7.60. The minimum Gasteiger partial charge on any atom is -0.394 e. The zero-order valence-electron chi connectivity index (χ0n) is 19.3. The normalized spacial score (nSPS) is 25.2. The van der Waals surface area contributed by atoms with Crippen molar-refractivity contribution in [3.05, 3.63) is 47.5 Å². The third-order valence-corrected chi connectivity index (χ3v) is 6.95. The van der Waals surface area contributed by atoms with E-state index < -0.39 is 24.5 Å². The number of aryl methyl sites for hydroxylation is 2. The van der Waals surface area contributed by atoms with E-state index in [1.807, 2.05) is 19.9 Å². The Balaban J connectivity index is 1.38. The van der Waals surface area contributed by atoms with Crippen LogP contribution in [-0.4, -0.2) is 66.5 Å². The van der Waals surface area contributed by atoms with E-state index in [0.717, 1.165) is 24.0 Å². The molecule has 2 fully saturated rings. The first-order valence-corrected chi connectivity index (χ1v) is 11.7. The second-order valence-electron chi connectivity index (χ2n) is 9.21. The summed E-state index contributed by atoms with van der Waals surface area (Å²) in [5, 5.41) is 27.3. The maximum atomic E-state index is 12.9. The lowest BCUT2D eigenvalue weighted by atomic mass is 10.0. The van der Waals surface area contributed by atoms with Gasteiger partial charge in [0.1, 0.15) is 18.5 Å². The van der Waals surface area contributed by atoms with Crippen molar-refractivity contribution in [1.29, 1.82) is 0 Å². The van der Waals surface area contributed by atoms with Gasteiger partial charge in [-0.3, -0.25) is 9.36 Å². The van der Waals surface area contributed by atoms with E-state index in [-0.39, 0.29) is 12.5 Å². The summed E-state index contributed by atoms with van der Waals surface area (Å²) in [6.45, 7) is 3.56. The highest BCUT2D eigenvalue weighted by Gasteiger charge is 2.46. The van der Waals surface area contributed by atoms with Crippen LogP contribution in [0.4, 0.5) is 5.82 Å². The molecule has 1 aliphatic carbocycles. The van der Waals surface area contributed by atoms with Gasteiger partial charge in [0.2, 0.25) is 0 Å². The molecule has 4 atom stereocenters. The number of ether oxygens (including phenoxy) is 1. The maximum absolute atomic E-state index is 12.9. The molecule has 10 heteroatoms. The van der Waals surface area contributed by atoms with Crippen molar-refractivity contribution in [3.8, 4) is 0 Å². The summed E-state index contributed by atoms with van der Waals surface area (Å²) >= 11 is 0. The van der Waals surface area contributed by atoms with Gasteiger partial charge in [0.25, 0.3) is 5.91 Å². The van der Waals surface area contributed by atoms with Crippen LogP contribution < -0.4 is 10.6 Å². The minimum absolute atomic E-state index is 0.337. The van der Waals surface area contributed by atoms with Gasteiger partial charge in [0.05, 0.1) is 19.0 Å². The Morgan fingerprint density at radius 1 is 1.18 bits per heavy atom. The fourth-order valence-corrected chi connectivity index (χ4v) is 4.83. The summed E-state index contributed by atoms with van der Waals surface area (Å²) in [7, 11) is 0. The van der Waals surface area contributed by atoms with Gasteiger partial charge >= 0.3 is 0 Å². The highest BCUT2D eigenvalue weighted by atomic mass is 16.5. The number of hydrogen-bond donors (Lipinski definition) is 4. The maximum Gasteiger partial charge on any atom is 0.251 e. The predicted octanol–water partition coefficient (Wildman–Crippen LogP) is 1.85. The highest BCUT2D eigenvalue weighted by Crippen LogP contribution is 2.33. The summed E-state index contributed by atoms with van der Waals surface area (Å²) in [5.41, 5.74) is 3.67. The number of aliphatic hydroxyl groups excluding tert-OH is 2. The molecular weight excluding hydrogens is 436 g/mol. The molecule has 180 valence electrons. The smallest absolute Gasteiger partial charge is 0.251 e. The van der Waals surface area contributed by atoms with Gasteiger partial charge in [-0.05, 0) is 49.9 Å². The molecule has 5 rings (SSSR count). The molecule has 4 unspecified atom stereocenters. The van der Waals surface area contributed by atoms with Crippen LogP contribution in [0.25, 0.3) is 11.2 Å². The van der Waals surface area contributed by atoms with Crippen molar-refractivity contribution < 1.29 is 19.7 Å². The second-order valence-corrected chi connectivity index (χ2v) is 9.21. The van der Waals surface area contributed by atoms with E-state index in [2.05, 4.69) is 25.6 Å². The van der Waals surface area contributed by atoms with Crippen LogP contribution in [0.1, 0.15) is 53.4 Å². The van der Waals surface area contributed by atoms with Gasteiger partial charge < -0.3 is 25.6 Å². The monoisotopic (exact) mass is 466 g/mol. The average molecular weight is 467 g/mol. The molecule has 1 aromatic carbocycles. The fourth-order valence-electron chi connectivity index (χ4n) is 4.83. The van der Waals surface area contributed by atoms with E-state index >= 15 is 0 Å². The van der Waals surface area contributed by atoms with E-state index in [9.17, 15) is 15.0 Å². The first kappa shape index (κ1) is 22.7. The molecule has 1 aliphatic heterocycles. The lowest BCUT2D eigenvalue weighted by molar-refractivity contribution is -0.0489. The van der Waals surface area contributed by atoms with Crippen LogP contribution in [0, 0.1) is 13.8 Å². The number of benzene rings is 1. The number of aromatic nitrogens is 4. The highest BCUT2D eigenvalue weighted by molar-refractivity contribution is 5.94. The quantitative estimate of drug-likeness (QED) is 0.432. The van der Waals surface area contributed by atoms with Crippen LogP contribution in [0.3, 0.4) is 0 Å². The van der Waals surface area contributed by atoms with Gasteiger partial charge in [-0.2, -0.15) is 0 Å². The lowest BCUT2D eigenvalue weighted by Crippen LogP contribution is -2.48. The lowest BCUT2D eigenvalue weighted by Gasteiger charge is -2.21. The number of aliphatic hydroxyl groups is 2. The molecule has 10 nitrogen and oxygen atoms in total. The summed E-state index contributed by atoms with van der Waals surface area (Å²) in [6.07, 6.45) is 4.81. The number of nitrogens with one attached hydrogen (secondary N) is 2. The van der Waals surface area contributed by atoms with Crippen molar-refractivity contribution in [2.24, 2.45) is 0 Å². The van der Waals surface area contributed by atoms with Crippen molar-refractivity contribution in [2.75, 3.05) is 11.9 Å². The number of nitrogens with zero attached hydrogens (tertiary/aromatic N) is 4. The van der Waals surface area contributed by atoms with Crippen LogP contribution >= 0.6 is 0 Å². The number of anilines is 1. The molecule has 2 aliphatic rings. The van der Waals surface area contributed by atoms with Gasteiger partial charge in [-0.1, -0.05) is 18.9 Å². The third-order valence-electron chi connectivity index (χ3n) is 6.95. The SMILES string of the molecule is Cc1ccc(C(=O)NC2C(CO)OC(n3cnc4c(NC5CCCC5)ncnc43)C2O)cc1C. The molecular formula is C24H30N6O4. The van der Waals surface area contributed by atoms with E-state index in [0.29, 0.717) is 28.6 Å². The van der Waals surface area contributed by atoms with Gasteiger partial charge in [-0.25, -0.2) is 15.0 Å². The van der Waals surface area contributed by atoms with Crippen molar-refractivity contribution in [3.63, 3.8) is 0 Å². The molecule has 4 N–H and O–H groups in total. The molecule has 0 spiro atoms. The Morgan fingerprint density at radius 3 is 2.71 bits per heavy atom. The first-order chi connectivity index (χ1) is 16.5. The molecule has 34 heavy (non-hydrogen) atoms. The Morgan fingerprint density at radius 2 is 1.97 bits per heavy atom. The molecule has 0 radical (unpaired) electrons. The number of rotatable bonds is 6. The van der Waals surface area contributed by atoms with Crippen LogP contribution in [-0.2, 0) is 4.74 Å². The number of carbonyl (C=O) groups excluding carboxylic acids is 1. The number of amides is 1. The summed E-state index contributed by atoms with van der Waals surface area (Å²) in [6, 6.07) is 4.98. The Labute approximate surface area is 197 Å². The Hall–Kier alpha value is -3.08. The van der Waals surface area contributed by atoms with Crippen LogP contribution in [0.2, 0.25) is 0 Å². The van der Waals surface area contributed by atoms with Crippen LogP contribution in [0.15, 0.2) is 30.9 Å². The molecule has 3 heterocycles. The molecule has 0 bridgehead atoms. The third kappa shape index (κ3) is 4.13. The zero-order valence-corrected chi connectivity index (χ0v) is 19.3. The summed E-state index contributed by atoms with van der Waals surface area (Å²) in [5.74, 6) is 0.317. The summed E-state index contributed by atoms with van der Waals surface area (Å²) in [4.78, 5) is 26.1. The van der Waals surface area contributed by atoms with Crippen LogP contribution in [0.5, 0.6) is 0 Å². The van der Waals surface area contributed by atoms with Gasteiger partial charge in [-0.15, -0.1) is 0 Å². The predicted molar refractivity (Wildman–Crippen MR) is 125 cm³/mol. The van der Waals surface area contributed by atoms with E-state index in [4.69, 9.17) is 4.74 Å². The van der Waals surface area contributed by atoms with Crippen molar-refractivity contribution >= 4 is 22.9 Å². The van der Waals surface area contributed by atoms with E-state index in [1.165, 1.54) is 19.2 Å². The number of carbonyl (C=O) groups is 1. The van der Waals surface area contributed by atoms with E-state index in [1.54, 1.807) is 23.0 Å². The molecule has 1 saturated heterocycles. The van der Waals surface area contributed by atoms with Crippen molar-refractivity contribution in [1.82, 2.24) is 24.8 Å². The average Bonchev–Trinajstić information content (AvgIpc) is 3.56. The topological polar surface area (TPSA) is 134 Å². The molecule has 3 aromatic rings.